The van der Waals surface area contributed by atoms with Crippen LogP contribution in [0, 0.1) is 0 Å². The van der Waals surface area contributed by atoms with Crippen molar-refractivity contribution in [2.75, 3.05) is 14.2 Å². The topological polar surface area (TPSA) is 18.5 Å². The standard InChI is InChI=1S/C13H16O2/c1-14-9-3-4-10-11(7-9)8-5-12(10)13(6-8)15-2/h3-4,7-8,12-13H,5-6H2,1-2H3. The zero-order valence-corrected chi connectivity index (χ0v) is 9.19. The third-order valence-electron chi connectivity index (χ3n) is 3.94. The van der Waals surface area contributed by atoms with Crippen molar-refractivity contribution in [3.05, 3.63) is 29.3 Å². The van der Waals surface area contributed by atoms with Gasteiger partial charge in [0, 0.05) is 13.0 Å². The number of ether oxygens (including phenoxy) is 2. The van der Waals surface area contributed by atoms with E-state index in [2.05, 4.69) is 18.2 Å². The molecule has 0 aromatic heterocycles. The third kappa shape index (κ3) is 1.21. The highest BCUT2D eigenvalue weighted by Gasteiger charge is 2.43. The number of hydrogen-bond acceptors (Lipinski definition) is 2. The van der Waals surface area contributed by atoms with Crippen LogP contribution in [0.2, 0.25) is 0 Å². The van der Waals surface area contributed by atoms with Gasteiger partial charge >= 0.3 is 0 Å². The van der Waals surface area contributed by atoms with E-state index in [1.807, 2.05) is 7.11 Å². The maximum Gasteiger partial charge on any atom is 0.119 e. The predicted molar refractivity (Wildman–Crippen MR) is 58.5 cm³/mol. The summed E-state index contributed by atoms with van der Waals surface area (Å²) in [6, 6.07) is 6.47. The number of methoxy groups -OCH3 is 2. The Morgan fingerprint density at radius 3 is 2.73 bits per heavy atom. The van der Waals surface area contributed by atoms with E-state index in [4.69, 9.17) is 9.47 Å². The minimum absolute atomic E-state index is 0.441. The summed E-state index contributed by atoms with van der Waals surface area (Å²) >= 11 is 0. The van der Waals surface area contributed by atoms with Gasteiger partial charge in [-0.15, -0.1) is 0 Å². The van der Waals surface area contributed by atoms with Crippen molar-refractivity contribution in [3.8, 4) is 5.75 Å². The van der Waals surface area contributed by atoms with Gasteiger partial charge in [-0.05, 0) is 42.0 Å². The van der Waals surface area contributed by atoms with Crippen molar-refractivity contribution in [2.24, 2.45) is 0 Å². The molecule has 3 rings (SSSR count). The molecule has 0 heterocycles. The van der Waals surface area contributed by atoms with Gasteiger partial charge in [-0.25, -0.2) is 0 Å². The predicted octanol–water partition coefficient (Wildman–Crippen LogP) is 2.68. The van der Waals surface area contributed by atoms with Crippen LogP contribution in [0.5, 0.6) is 5.75 Å². The number of benzene rings is 1. The second-order valence-electron chi connectivity index (χ2n) is 4.54. The molecule has 2 aliphatic rings. The monoisotopic (exact) mass is 204 g/mol. The van der Waals surface area contributed by atoms with E-state index in [1.165, 1.54) is 24.0 Å². The summed E-state index contributed by atoms with van der Waals surface area (Å²) in [5, 5.41) is 0. The lowest BCUT2D eigenvalue weighted by molar-refractivity contribution is 0.0904. The van der Waals surface area contributed by atoms with E-state index in [9.17, 15) is 0 Å². The van der Waals surface area contributed by atoms with Gasteiger partial charge in [0.15, 0.2) is 0 Å². The molecule has 2 nitrogen and oxygen atoms in total. The van der Waals surface area contributed by atoms with Crippen molar-refractivity contribution in [3.63, 3.8) is 0 Å². The lowest BCUT2D eigenvalue weighted by atomic mass is 9.89. The molecule has 3 atom stereocenters. The maximum atomic E-state index is 5.53. The fourth-order valence-corrected chi connectivity index (χ4v) is 3.21. The van der Waals surface area contributed by atoms with Crippen LogP contribution in [0.4, 0.5) is 0 Å². The van der Waals surface area contributed by atoms with E-state index >= 15 is 0 Å². The lowest BCUT2D eigenvalue weighted by Crippen LogP contribution is -2.17. The Morgan fingerprint density at radius 2 is 2.00 bits per heavy atom. The van der Waals surface area contributed by atoms with Crippen LogP contribution in [0.3, 0.4) is 0 Å². The molecule has 80 valence electrons. The first kappa shape index (κ1) is 9.22. The highest BCUT2D eigenvalue weighted by atomic mass is 16.5. The van der Waals surface area contributed by atoms with Crippen molar-refractivity contribution in [1.29, 1.82) is 0 Å². The molecule has 15 heavy (non-hydrogen) atoms. The smallest absolute Gasteiger partial charge is 0.119 e. The molecule has 2 heteroatoms. The number of rotatable bonds is 2. The van der Waals surface area contributed by atoms with Crippen LogP contribution in [0.1, 0.15) is 35.8 Å². The van der Waals surface area contributed by atoms with Gasteiger partial charge in [-0.2, -0.15) is 0 Å². The Labute approximate surface area is 90.2 Å². The van der Waals surface area contributed by atoms with Crippen molar-refractivity contribution in [1.82, 2.24) is 0 Å². The molecule has 0 amide bonds. The Balaban J connectivity index is 2.01. The Bertz CT molecular complexity index is 384. The second-order valence-corrected chi connectivity index (χ2v) is 4.54. The van der Waals surface area contributed by atoms with Crippen LogP contribution >= 0.6 is 0 Å². The summed E-state index contributed by atoms with van der Waals surface area (Å²) in [4.78, 5) is 0. The average Bonchev–Trinajstić information content (AvgIpc) is 2.86. The zero-order valence-electron chi connectivity index (χ0n) is 9.19. The van der Waals surface area contributed by atoms with E-state index in [1.54, 1.807) is 7.11 Å². The quantitative estimate of drug-likeness (QED) is 0.737. The maximum absolute atomic E-state index is 5.53. The zero-order chi connectivity index (χ0) is 10.4. The minimum Gasteiger partial charge on any atom is -0.497 e. The van der Waals surface area contributed by atoms with Gasteiger partial charge < -0.3 is 9.47 Å². The summed E-state index contributed by atoms with van der Waals surface area (Å²) < 4.78 is 10.8. The molecular weight excluding hydrogens is 188 g/mol. The van der Waals surface area contributed by atoms with Gasteiger partial charge in [0.05, 0.1) is 13.2 Å². The molecule has 2 aliphatic carbocycles. The average molecular weight is 204 g/mol. The van der Waals surface area contributed by atoms with E-state index in [0.29, 0.717) is 17.9 Å². The highest BCUT2D eigenvalue weighted by Crippen LogP contribution is 2.54. The molecule has 0 saturated heterocycles. The second kappa shape index (κ2) is 3.24. The van der Waals surface area contributed by atoms with Crippen LogP contribution in [-0.2, 0) is 4.74 Å². The van der Waals surface area contributed by atoms with E-state index in [0.717, 1.165) is 5.75 Å². The molecule has 0 radical (unpaired) electrons. The number of fused-ring (bicyclic) bond motifs is 5. The molecule has 2 bridgehead atoms. The minimum atomic E-state index is 0.441. The first-order valence-electron chi connectivity index (χ1n) is 5.54. The molecule has 1 aromatic carbocycles. The Kier molecular flexibility index (Phi) is 1.99. The lowest BCUT2D eigenvalue weighted by Gasteiger charge is -2.23. The van der Waals surface area contributed by atoms with Crippen molar-refractivity contribution in [2.45, 2.75) is 30.8 Å². The Hall–Kier alpha value is -1.02. The van der Waals surface area contributed by atoms with Gasteiger partial charge in [-0.1, -0.05) is 6.07 Å². The molecule has 0 aliphatic heterocycles. The summed E-state index contributed by atoms with van der Waals surface area (Å²) in [5.74, 6) is 2.31. The summed E-state index contributed by atoms with van der Waals surface area (Å²) in [5.41, 5.74) is 2.98. The van der Waals surface area contributed by atoms with Gasteiger partial charge in [-0.3, -0.25) is 0 Å². The van der Waals surface area contributed by atoms with Crippen LogP contribution in [0.25, 0.3) is 0 Å². The highest BCUT2D eigenvalue weighted by molar-refractivity contribution is 5.46. The SMILES string of the molecule is COc1ccc2c(c1)C1CC(OC)C2C1. The first-order valence-corrected chi connectivity index (χ1v) is 5.54. The molecule has 1 aromatic rings. The van der Waals surface area contributed by atoms with Crippen LogP contribution in [0.15, 0.2) is 18.2 Å². The van der Waals surface area contributed by atoms with Crippen molar-refractivity contribution < 1.29 is 9.47 Å². The summed E-state index contributed by atoms with van der Waals surface area (Å²) in [7, 11) is 3.56. The first-order chi connectivity index (χ1) is 7.33. The Morgan fingerprint density at radius 1 is 1.13 bits per heavy atom. The molecule has 3 unspecified atom stereocenters. The molecular formula is C13H16O2. The van der Waals surface area contributed by atoms with Crippen LogP contribution < -0.4 is 4.74 Å². The third-order valence-corrected chi connectivity index (χ3v) is 3.94. The number of hydrogen-bond donors (Lipinski definition) is 0. The van der Waals surface area contributed by atoms with Gasteiger partial charge in [0.25, 0.3) is 0 Å². The summed E-state index contributed by atoms with van der Waals surface area (Å²) in [6.45, 7) is 0. The normalized spacial score (nSPS) is 31.7. The molecule has 1 saturated carbocycles. The molecule has 0 spiro atoms. The fraction of sp³-hybridized carbons (Fsp3) is 0.538. The summed E-state index contributed by atoms with van der Waals surface area (Å²) in [6.07, 6.45) is 2.89. The fourth-order valence-electron chi connectivity index (χ4n) is 3.21. The molecule has 1 fully saturated rings. The van der Waals surface area contributed by atoms with E-state index in [-0.39, 0.29) is 0 Å². The largest absolute Gasteiger partial charge is 0.497 e. The van der Waals surface area contributed by atoms with E-state index < -0.39 is 0 Å². The van der Waals surface area contributed by atoms with Crippen LogP contribution in [-0.4, -0.2) is 20.3 Å². The van der Waals surface area contributed by atoms with Gasteiger partial charge in [0.2, 0.25) is 0 Å². The van der Waals surface area contributed by atoms with Gasteiger partial charge in [0.1, 0.15) is 5.75 Å². The molecule has 0 N–H and O–H groups in total. The van der Waals surface area contributed by atoms with Crippen molar-refractivity contribution >= 4 is 0 Å².